The van der Waals surface area contributed by atoms with E-state index in [1.54, 1.807) is 18.2 Å². The number of aromatic hydroxyl groups is 1. The Morgan fingerprint density at radius 3 is 2.00 bits per heavy atom. The lowest BCUT2D eigenvalue weighted by atomic mass is 10.0. The number of allylic oxidation sites excluding steroid dienone is 1. The molecule has 0 radical (unpaired) electrons. The standard InChI is InChI=1S/C24H30O4/c1-16-8-15-21(27-23(2,3)4)19(22(16)28-24(5,6)7)13-14-20(26)17-9-11-18(25)12-10-17/h8-15,25H,1-7H3/b14-13+. The van der Waals surface area contributed by atoms with Crippen LogP contribution in [0, 0.1) is 6.92 Å². The van der Waals surface area contributed by atoms with E-state index in [-0.39, 0.29) is 11.5 Å². The summed E-state index contributed by atoms with van der Waals surface area (Å²) in [7, 11) is 0. The average molecular weight is 383 g/mol. The first kappa shape index (κ1) is 21.5. The highest BCUT2D eigenvalue weighted by atomic mass is 16.5. The number of aryl methyl sites for hydroxylation is 1. The first-order chi connectivity index (χ1) is 12.9. The number of ether oxygens (including phenoxy) is 2. The van der Waals surface area contributed by atoms with Crippen molar-refractivity contribution in [3.63, 3.8) is 0 Å². The Labute approximate surface area is 167 Å². The first-order valence-electron chi connectivity index (χ1n) is 9.39. The quantitative estimate of drug-likeness (QED) is 0.513. The molecule has 2 aromatic carbocycles. The molecular formula is C24H30O4. The van der Waals surface area contributed by atoms with Gasteiger partial charge < -0.3 is 14.6 Å². The van der Waals surface area contributed by atoms with E-state index in [0.717, 1.165) is 11.1 Å². The van der Waals surface area contributed by atoms with E-state index >= 15 is 0 Å². The maximum absolute atomic E-state index is 12.6. The number of hydrogen-bond donors (Lipinski definition) is 1. The second-order valence-corrected chi connectivity index (χ2v) is 8.80. The van der Waals surface area contributed by atoms with Gasteiger partial charge in [0.05, 0.1) is 5.56 Å². The number of phenolic OH excluding ortho intramolecular Hbond substituents is 1. The predicted molar refractivity (Wildman–Crippen MR) is 113 cm³/mol. The van der Waals surface area contributed by atoms with Gasteiger partial charge in [0.1, 0.15) is 28.5 Å². The molecule has 28 heavy (non-hydrogen) atoms. The van der Waals surface area contributed by atoms with Gasteiger partial charge in [-0.05, 0) is 96.5 Å². The molecule has 150 valence electrons. The molecule has 0 spiro atoms. The van der Waals surface area contributed by atoms with Crippen molar-refractivity contribution in [1.82, 2.24) is 0 Å². The smallest absolute Gasteiger partial charge is 0.185 e. The van der Waals surface area contributed by atoms with Crippen molar-refractivity contribution in [2.45, 2.75) is 59.7 Å². The number of phenols is 1. The maximum Gasteiger partial charge on any atom is 0.185 e. The van der Waals surface area contributed by atoms with E-state index in [1.165, 1.54) is 18.2 Å². The molecule has 0 saturated carbocycles. The molecule has 0 aliphatic rings. The lowest BCUT2D eigenvalue weighted by molar-refractivity contribution is 0.104. The second kappa shape index (κ2) is 8.09. The molecule has 4 heteroatoms. The molecule has 1 N–H and O–H groups in total. The van der Waals surface area contributed by atoms with Gasteiger partial charge in [0.15, 0.2) is 5.78 Å². The van der Waals surface area contributed by atoms with Crippen LogP contribution in [0.2, 0.25) is 0 Å². The van der Waals surface area contributed by atoms with Crippen molar-refractivity contribution in [3.05, 3.63) is 59.2 Å². The van der Waals surface area contributed by atoms with E-state index in [0.29, 0.717) is 17.1 Å². The Morgan fingerprint density at radius 2 is 1.46 bits per heavy atom. The molecule has 0 bridgehead atoms. The van der Waals surface area contributed by atoms with E-state index in [1.807, 2.05) is 60.6 Å². The zero-order valence-electron chi connectivity index (χ0n) is 17.8. The van der Waals surface area contributed by atoms with Gasteiger partial charge in [0, 0.05) is 5.56 Å². The molecule has 0 saturated heterocycles. The van der Waals surface area contributed by atoms with Crippen molar-refractivity contribution in [1.29, 1.82) is 0 Å². The molecule has 0 amide bonds. The molecule has 0 heterocycles. The van der Waals surface area contributed by atoms with Gasteiger partial charge in [-0.15, -0.1) is 0 Å². The second-order valence-electron chi connectivity index (χ2n) is 8.80. The SMILES string of the molecule is Cc1ccc(OC(C)(C)C)c(/C=C/C(=O)c2ccc(O)cc2)c1OC(C)(C)C. The molecule has 0 aromatic heterocycles. The zero-order valence-corrected chi connectivity index (χ0v) is 17.8. The Hall–Kier alpha value is -2.75. The molecule has 2 rings (SSSR count). The lowest BCUT2D eigenvalue weighted by Crippen LogP contribution is -2.25. The monoisotopic (exact) mass is 382 g/mol. The molecule has 0 unspecified atom stereocenters. The van der Waals surface area contributed by atoms with Gasteiger partial charge in [-0.1, -0.05) is 6.07 Å². The van der Waals surface area contributed by atoms with Crippen LogP contribution in [0.25, 0.3) is 6.08 Å². The largest absolute Gasteiger partial charge is 0.508 e. The van der Waals surface area contributed by atoms with Crippen molar-refractivity contribution in [2.24, 2.45) is 0 Å². The number of hydrogen-bond acceptors (Lipinski definition) is 4. The van der Waals surface area contributed by atoms with Crippen LogP contribution in [0.3, 0.4) is 0 Å². The Bertz CT molecular complexity index is 863. The van der Waals surface area contributed by atoms with Crippen molar-refractivity contribution < 1.29 is 19.4 Å². The molecular weight excluding hydrogens is 352 g/mol. The van der Waals surface area contributed by atoms with E-state index in [2.05, 4.69) is 0 Å². The van der Waals surface area contributed by atoms with Crippen LogP contribution in [-0.4, -0.2) is 22.1 Å². The van der Waals surface area contributed by atoms with E-state index in [9.17, 15) is 9.90 Å². The first-order valence-corrected chi connectivity index (χ1v) is 9.39. The highest BCUT2D eigenvalue weighted by Gasteiger charge is 2.21. The van der Waals surface area contributed by atoms with Gasteiger partial charge in [-0.25, -0.2) is 0 Å². The molecule has 0 aliphatic carbocycles. The number of rotatable bonds is 5. The topological polar surface area (TPSA) is 55.8 Å². The highest BCUT2D eigenvalue weighted by molar-refractivity contribution is 6.07. The van der Waals surface area contributed by atoms with Crippen LogP contribution >= 0.6 is 0 Å². The minimum atomic E-state index is -0.394. The molecule has 0 atom stereocenters. The number of carbonyl (C=O) groups is 1. The summed E-state index contributed by atoms with van der Waals surface area (Å²) in [5.74, 6) is 1.32. The normalized spacial score (nSPS) is 12.2. The fourth-order valence-corrected chi connectivity index (χ4v) is 2.59. The minimum Gasteiger partial charge on any atom is -0.508 e. The van der Waals surface area contributed by atoms with Crippen molar-refractivity contribution in [2.75, 3.05) is 0 Å². The maximum atomic E-state index is 12.6. The van der Waals surface area contributed by atoms with E-state index < -0.39 is 11.2 Å². The van der Waals surface area contributed by atoms with Crippen LogP contribution in [0.5, 0.6) is 17.2 Å². The van der Waals surface area contributed by atoms with Gasteiger partial charge in [0.2, 0.25) is 0 Å². The zero-order chi connectivity index (χ0) is 21.1. The summed E-state index contributed by atoms with van der Waals surface area (Å²) >= 11 is 0. The Kier molecular flexibility index (Phi) is 6.23. The number of ketones is 1. The van der Waals surface area contributed by atoms with Crippen LogP contribution < -0.4 is 9.47 Å². The number of benzene rings is 2. The fourth-order valence-electron chi connectivity index (χ4n) is 2.59. The van der Waals surface area contributed by atoms with Crippen molar-refractivity contribution in [3.8, 4) is 17.2 Å². The summed E-state index contributed by atoms with van der Waals surface area (Å²) in [4.78, 5) is 12.6. The van der Waals surface area contributed by atoms with Crippen LogP contribution in [0.1, 0.15) is 63.0 Å². The van der Waals surface area contributed by atoms with Crippen LogP contribution in [0.15, 0.2) is 42.5 Å². The average Bonchev–Trinajstić information content (AvgIpc) is 2.55. The highest BCUT2D eigenvalue weighted by Crippen LogP contribution is 2.37. The van der Waals surface area contributed by atoms with E-state index in [4.69, 9.17) is 9.47 Å². The minimum absolute atomic E-state index is 0.126. The van der Waals surface area contributed by atoms with Crippen LogP contribution in [-0.2, 0) is 0 Å². The van der Waals surface area contributed by atoms with Gasteiger partial charge >= 0.3 is 0 Å². The Balaban J connectivity index is 2.49. The lowest BCUT2D eigenvalue weighted by Gasteiger charge is -2.27. The number of carbonyl (C=O) groups excluding carboxylic acids is 1. The van der Waals surface area contributed by atoms with Crippen molar-refractivity contribution >= 4 is 11.9 Å². The third-order valence-corrected chi connectivity index (χ3v) is 3.73. The predicted octanol–water partition coefficient (Wildman–Crippen LogP) is 5.95. The van der Waals surface area contributed by atoms with Gasteiger partial charge in [0.25, 0.3) is 0 Å². The van der Waals surface area contributed by atoms with Gasteiger partial charge in [-0.2, -0.15) is 0 Å². The summed E-state index contributed by atoms with van der Waals surface area (Å²) in [6.45, 7) is 13.9. The molecule has 0 aliphatic heterocycles. The summed E-state index contributed by atoms with van der Waals surface area (Å²) in [5.41, 5.74) is 1.41. The molecule has 4 nitrogen and oxygen atoms in total. The summed E-state index contributed by atoms with van der Waals surface area (Å²) in [5, 5.41) is 9.40. The summed E-state index contributed by atoms with van der Waals surface area (Å²) in [6.07, 6.45) is 3.25. The third-order valence-electron chi connectivity index (χ3n) is 3.73. The third kappa shape index (κ3) is 6.15. The van der Waals surface area contributed by atoms with Gasteiger partial charge in [-0.3, -0.25) is 4.79 Å². The summed E-state index contributed by atoms with van der Waals surface area (Å²) < 4.78 is 12.3. The fraction of sp³-hybridized carbons (Fsp3) is 0.375. The summed E-state index contributed by atoms with van der Waals surface area (Å²) in [6, 6.07) is 10.0. The Morgan fingerprint density at radius 1 is 0.893 bits per heavy atom. The molecule has 2 aromatic rings. The molecule has 0 fully saturated rings. The van der Waals surface area contributed by atoms with Crippen LogP contribution in [0.4, 0.5) is 0 Å².